The third-order valence-corrected chi connectivity index (χ3v) is 5.43. The zero-order chi connectivity index (χ0) is 14.8. The van der Waals surface area contributed by atoms with Crippen molar-refractivity contribution in [1.29, 1.82) is 0 Å². The highest BCUT2D eigenvalue weighted by atomic mass is 32.2. The Morgan fingerprint density at radius 1 is 1.35 bits per heavy atom. The fourth-order valence-electron chi connectivity index (χ4n) is 2.27. The number of aryl methyl sites for hydroxylation is 1. The van der Waals surface area contributed by atoms with Gasteiger partial charge in [-0.15, -0.1) is 0 Å². The van der Waals surface area contributed by atoms with E-state index in [1.807, 2.05) is 32.0 Å². The molecule has 1 heterocycles. The minimum absolute atomic E-state index is 0.107. The summed E-state index contributed by atoms with van der Waals surface area (Å²) < 4.78 is 22.6. The van der Waals surface area contributed by atoms with Gasteiger partial charge < -0.3 is 10.6 Å². The fourth-order valence-corrected chi connectivity index (χ4v) is 3.98. The lowest BCUT2D eigenvalue weighted by Gasteiger charge is -2.13. The third-order valence-electron chi connectivity index (χ3n) is 3.66. The molecule has 6 heteroatoms. The lowest BCUT2D eigenvalue weighted by atomic mass is 10.1. The van der Waals surface area contributed by atoms with E-state index in [9.17, 15) is 13.2 Å². The van der Waals surface area contributed by atoms with Gasteiger partial charge in [0.25, 0.3) is 0 Å². The minimum atomic E-state index is -2.91. The van der Waals surface area contributed by atoms with E-state index in [0.29, 0.717) is 6.42 Å². The van der Waals surface area contributed by atoms with Crippen LogP contribution in [-0.2, 0) is 14.6 Å². The van der Waals surface area contributed by atoms with Crippen molar-refractivity contribution in [3.8, 4) is 0 Å². The van der Waals surface area contributed by atoms with Crippen molar-refractivity contribution in [2.75, 3.05) is 23.4 Å². The summed E-state index contributed by atoms with van der Waals surface area (Å²) in [4.78, 5) is 11.9. The molecule has 0 spiro atoms. The van der Waals surface area contributed by atoms with Gasteiger partial charge in [0.2, 0.25) is 5.91 Å². The maximum atomic E-state index is 11.9. The van der Waals surface area contributed by atoms with Crippen molar-refractivity contribution < 1.29 is 13.2 Å². The van der Waals surface area contributed by atoms with E-state index in [-0.39, 0.29) is 30.0 Å². The summed E-state index contributed by atoms with van der Waals surface area (Å²) in [6.45, 7) is 4.09. The van der Waals surface area contributed by atoms with Crippen LogP contribution in [0, 0.1) is 13.8 Å². The summed E-state index contributed by atoms with van der Waals surface area (Å²) in [5.41, 5.74) is 2.97. The SMILES string of the molecule is Cc1cccc(NC(=O)CNC2CCS(=O)(=O)C2)c1C. The smallest absolute Gasteiger partial charge is 0.238 e. The molecule has 0 aromatic heterocycles. The van der Waals surface area contributed by atoms with Gasteiger partial charge in [-0.3, -0.25) is 4.79 Å². The van der Waals surface area contributed by atoms with Crippen LogP contribution in [0.3, 0.4) is 0 Å². The van der Waals surface area contributed by atoms with Crippen molar-refractivity contribution in [3.63, 3.8) is 0 Å². The lowest BCUT2D eigenvalue weighted by Crippen LogP contribution is -2.36. The maximum absolute atomic E-state index is 11.9. The molecule has 1 aliphatic rings. The molecule has 1 atom stereocenters. The number of anilines is 1. The monoisotopic (exact) mass is 296 g/mol. The summed E-state index contributed by atoms with van der Waals surface area (Å²) >= 11 is 0. The second-order valence-corrected chi connectivity index (χ2v) is 7.51. The molecular formula is C14H20N2O3S. The molecule has 0 aliphatic carbocycles. The van der Waals surface area contributed by atoms with E-state index >= 15 is 0 Å². The first kappa shape index (κ1) is 15.0. The van der Waals surface area contributed by atoms with E-state index in [0.717, 1.165) is 16.8 Å². The molecule has 1 aromatic carbocycles. The molecule has 0 bridgehead atoms. The molecule has 1 aliphatic heterocycles. The normalized spacial score (nSPS) is 20.8. The molecule has 0 radical (unpaired) electrons. The van der Waals surface area contributed by atoms with Gasteiger partial charge in [0, 0.05) is 11.7 Å². The Balaban J connectivity index is 1.86. The van der Waals surface area contributed by atoms with E-state index in [1.165, 1.54) is 0 Å². The number of nitrogens with one attached hydrogen (secondary N) is 2. The average molecular weight is 296 g/mol. The first-order valence-corrected chi connectivity index (χ1v) is 8.49. The van der Waals surface area contributed by atoms with Crippen LogP contribution in [0.1, 0.15) is 17.5 Å². The number of carbonyl (C=O) groups excluding carboxylic acids is 1. The van der Waals surface area contributed by atoms with E-state index in [1.54, 1.807) is 0 Å². The summed E-state index contributed by atoms with van der Waals surface area (Å²) in [6.07, 6.45) is 0.582. The molecule has 0 saturated carbocycles. The second-order valence-electron chi connectivity index (χ2n) is 5.28. The largest absolute Gasteiger partial charge is 0.325 e. The lowest BCUT2D eigenvalue weighted by molar-refractivity contribution is -0.115. The molecule has 1 amide bonds. The molecule has 1 unspecified atom stereocenters. The van der Waals surface area contributed by atoms with Crippen molar-refractivity contribution >= 4 is 21.4 Å². The Morgan fingerprint density at radius 3 is 2.75 bits per heavy atom. The first-order valence-electron chi connectivity index (χ1n) is 6.67. The molecule has 1 aromatic rings. The summed E-state index contributed by atoms with van der Waals surface area (Å²) in [6, 6.07) is 5.64. The van der Waals surface area contributed by atoms with Gasteiger partial charge >= 0.3 is 0 Å². The van der Waals surface area contributed by atoms with Gasteiger partial charge in [0.1, 0.15) is 0 Å². The number of amides is 1. The van der Waals surface area contributed by atoms with E-state index < -0.39 is 9.84 Å². The number of sulfone groups is 1. The molecular weight excluding hydrogens is 276 g/mol. The quantitative estimate of drug-likeness (QED) is 0.870. The van der Waals surface area contributed by atoms with Crippen LogP contribution in [0.2, 0.25) is 0 Å². The van der Waals surface area contributed by atoms with E-state index in [4.69, 9.17) is 0 Å². The number of carbonyl (C=O) groups is 1. The minimum Gasteiger partial charge on any atom is -0.325 e. The van der Waals surface area contributed by atoms with Crippen LogP contribution in [0.4, 0.5) is 5.69 Å². The molecule has 110 valence electrons. The van der Waals surface area contributed by atoms with Gasteiger partial charge in [-0.1, -0.05) is 12.1 Å². The van der Waals surface area contributed by atoms with Gasteiger partial charge in [-0.2, -0.15) is 0 Å². The Hall–Kier alpha value is -1.40. The van der Waals surface area contributed by atoms with Gasteiger partial charge in [-0.25, -0.2) is 8.42 Å². The standard InChI is InChI=1S/C14H20N2O3S/c1-10-4-3-5-13(11(10)2)16-14(17)8-15-12-6-7-20(18,19)9-12/h3-5,12,15H,6-9H2,1-2H3,(H,16,17). The van der Waals surface area contributed by atoms with Crippen molar-refractivity contribution in [2.24, 2.45) is 0 Å². The Bertz CT molecular complexity index is 611. The number of rotatable bonds is 4. The summed E-state index contributed by atoms with van der Waals surface area (Å²) in [5.74, 6) is 0.190. The highest BCUT2D eigenvalue weighted by Gasteiger charge is 2.27. The number of benzene rings is 1. The van der Waals surface area contributed by atoms with Crippen molar-refractivity contribution in [2.45, 2.75) is 26.3 Å². The molecule has 2 N–H and O–H groups in total. The van der Waals surface area contributed by atoms with Crippen molar-refractivity contribution in [3.05, 3.63) is 29.3 Å². The molecule has 5 nitrogen and oxygen atoms in total. The topological polar surface area (TPSA) is 75.3 Å². The molecule has 1 fully saturated rings. The second kappa shape index (κ2) is 5.93. The van der Waals surface area contributed by atoms with Crippen LogP contribution in [0.15, 0.2) is 18.2 Å². The fraction of sp³-hybridized carbons (Fsp3) is 0.500. The Labute approximate surface area is 119 Å². The Kier molecular flexibility index (Phi) is 4.45. The van der Waals surface area contributed by atoms with Gasteiger partial charge in [0.15, 0.2) is 9.84 Å². The summed E-state index contributed by atoms with van der Waals surface area (Å²) in [7, 11) is -2.91. The van der Waals surface area contributed by atoms with Crippen LogP contribution >= 0.6 is 0 Å². The maximum Gasteiger partial charge on any atom is 0.238 e. The number of hydrogen-bond acceptors (Lipinski definition) is 4. The van der Waals surface area contributed by atoms with Crippen LogP contribution in [0.25, 0.3) is 0 Å². The van der Waals surface area contributed by atoms with Crippen LogP contribution in [-0.4, -0.2) is 38.4 Å². The van der Waals surface area contributed by atoms with Crippen LogP contribution in [0.5, 0.6) is 0 Å². The van der Waals surface area contributed by atoms with Crippen molar-refractivity contribution in [1.82, 2.24) is 5.32 Å². The predicted octanol–water partition coefficient (Wildman–Crippen LogP) is 1.02. The first-order chi connectivity index (χ1) is 9.37. The molecule has 2 rings (SSSR count). The molecule has 20 heavy (non-hydrogen) atoms. The van der Waals surface area contributed by atoms with Crippen LogP contribution < -0.4 is 10.6 Å². The average Bonchev–Trinajstić information content (AvgIpc) is 2.72. The number of hydrogen-bond donors (Lipinski definition) is 2. The third kappa shape index (κ3) is 3.80. The zero-order valence-corrected chi connectivity index (χ0v) is 12.6. The van der Waals surface area contributed by atoms with E-state index in [2.05, 4.69) is 10.6 Å². The summed E-state index contributed by atoms with van der Waals surface area (Å²) in [5, 5.41) is 5.84. The highest BCUT2D eigenvalue weighted by Crippen LogP contribution is 2.17. The Morgan fingerprint density at radius 2 is 2.10 bits per heavy atom. The predicted molar refractivity (Wildman–Crippen MR) is 79.6 cm³/mol. The van der Waals surface area contributed by atoms with Gasteiger partial charge in [-0.05, 0) is 37.5 Å². The zero-order valence-electron chi connectivity index (χ0n) is 11.8. The highest BCUT2D eigenvalue weighted by molar-refractivity contribution is 7.91. The molecule has 1 saturated heterocycles. The van der Waals surface area contributed by atoms with Gasteiger partial charge in [0.05, 0.1) is 18.1 Å².